The molecule has 2 unspecified atom stereocenters. The van der Waals surface area contributed by atoms with Crippen LogP contribution in [0.4, 0.5) is 18.0 Å². The third kappa shape index (κ3) is 3.35. The molecule has 1 N–H and O–H groups in total. The highest BCUT2D eigenvalue weighted by atomic mass is 19.4. The Balaban J connectivity index is 1.73. The van der Waals surface area contributed by atoms with Crippen molar-refractivity contribution < 1.29 is 22.8 Å². The van der Waals surface area contributed by atoms with Crippen LogP contribution < -0.4 is 5.32 Å². The third-order valence-corrected chi connectivity index (χ3v) is 4.94. The van der Waals surface area contributed by atoms with Crippen LogP contribution in [0.1, 0.15) is 25.3 Å². The topological polar surface area (TPSA) is 52.7 Å². The molecule has 2 fully saturated rings. The Kier molecular flexibility index (Phi) is 4.49. The second kappa shape index (κ2) is 6.33. The molecule has 136 valence electrons. The highest BCUT2D eigenvalue weighted by molar-refractivity contribution is 6.07. The minimum Gasteiger partial charge on any atom is -0.319 e. The van der Waals surface area contributed by atoms with Gasteiger partial charge in [0, 0.05) is 6.54 Å². The number of piperidine rings is 1. The van der Waals surface area contributed by atoms with Crippen LogP contribution >= 0.6 is 0 Å². The molecule has 25 heavy (non-hydrogen) atoms. The maximum absolute atomic E-state index is 12.9. The minimum atomic E-state index is -4.26. The molecule has 2 atom stereocenters. The third-order valence-electron chi connectivity index (χ3n) is 4.94. The van der Waals surface area contributed by atoms with Gasteiger partial charge in [0.05, 0.1) is 12.6 Å². The lowest BCUT2D eigenvalue weighted by Crippen LogP contribution is -2.48. The minimum absolute atomic E-state index is 0.0852. The first-order valence-corrected chi connectivity index (χ1v) is 8.20. The molecule has 5 nitrogen and oxygen atoms in total. The molecule has 0 aromatic heterocycles. The number of nitrogens with zero attached hydrogens (tertiary/aromatic N) is 2. The Bertz CT molecular complexity index is 665. The van der Waals surface area contributed by atoms with Gasteiger partial charge >= 0.3 is 12.2 Å². The van der Waals surface area contributed by atoms with E-state index in [1.165, 1.54) is 4.90 Å². The van der Waals surface area contributed by atoms with Crippen molar-refractivity contribution in [2.75, 3.05) is 19.8 Å². The van der Waals surface area contributed by atoms with E-state index in [1.54, 1.807) is 37.3 Å². The zero-order valence-electron chi connectivity index (χ0n) is 13.8. The van der Waals surface area contributed by atoms with Crippen molar-refractivity contribution >= 4 is 11.9 Å². The Morgan fingerprint density at radius 1 is 1.24 bits per heavy atom. The highest BCUT2D eigenvalue weighted by Crippen LogP contribution is 2.34. The summed E-state index contributed by atoms with van der Waals surface area (Å²) in [5.41, 5.74) is -0.556. The maximum Gasteiger partial charge on any atom is 0.393 e. The van der Waals surface area contributed by atoms with Gasteiger partial charge in [0.15, 0.2) is 0 Å². The van der Waals surface area contributed by atoms with Crippen molar-refractivity contribution in [1.29, 1.82) is 0 Å². The highest BCUT2D eigenvalue weighted by Gasteiger charge is 2.50. The maximum atomic E-state index is 12.9. The van der Waals surface area contributed by atoms with Crippen LogP contribution in [0.3, 0.4) is 0 Å². The van der Waals surface area contributed by atoms with E-state index in [-0.39, 0.29) is 19.6 Å². The van der Waals surface area contributed by atoms with Gasteiger partial charge in [-0.05, 0) is 31.9 Å². The van der Waals surface area contributed by atoms with Gasteiger partial charge in [-0.3, -0.25) is 9.69 Å². The molecular weight excluding hydrogens is 335 g/mol. The average molecular weight is 355 g/mol. The van der Waals surface area contributed by atoms with Crippen molar-refractivity contribution in [3.05, 3.63) is 35.9 Å². The van der Waals surface area contributed by atoms with Crippen molar-refractivity contribution in [2.24, 2.45) is 5.92 Å². The monoisotopic (exact) mass is 355 g/mol. The van der Waals surface area contributed by atoms with Gasteiger partial charge < -0.3 is 5.32 Å². The van der Waals surface area contributed by atoms with E-state index in [4.69, 9.17) is 0 Å². The molecule has 2 heterocycles. The molecule has 0 aliphatic carbocycles. The first-order chi connectivity index (χ1) is 11.7. The molecule has 8 heteroatoms. The van der Waals surface area contributed by atoms with Crippen molar-refractivity contribution in [1.82, 2.24) is 15.1 Å². The number of amides is 3. The molecule has 3 amide bonds. The number of alkyl halides is 3. The summed E-state index contributed by atoms with van der Waals surface area (Å²) in [4.78, 5) is 27.6. The molecule has 0 spiro atoms. The van der Waals surface area contributed by atoms with Gasteiger partial charge in [-0.25, -0.2) is 9.69 Å². The molecule has 2 aliphatic heterocycles. The quantitative estimate of drug-likeness (QED) is 0.849. The Morgan fingerprint density at radius 2 is 1.92 bits per heavy atom. The van der Waals surface area contributed by atoms with Crippen molar-refractivity contribution in [3.63, 3.8) is 0 Å². The van der Waals surface area contributed by atoms with Gasteiger partial charge in [0.25, 0.3) is 5.91 Å². The number of hydrogen-bond acceptors (Lipinski definition) is 3. The Hall–Kier alpha value is -2.09. The molecule has 1 aromatic rings. The van der Waals surface area contributed by atoms with Crippen LogP contribution in [0, 0.1) is 5.92 Å². The number of benzene rings is 1. The summed E-state index contributed by atoms with van der Waals surface area (Å²) < 4.78 is 38.8. The first-order valence-electron chi connectivity index (χ1n) is 8.20. The summed E-state index contributed by atoms with van der Waals surface area (Å²) in [6.07, 6.45) is -3.78. The van der Waals surface area contributed by atoms with E-state index >= 15 is 0 Å². The second-order valence-electron chi connectivity index (χ2n) is 6.75. The molecule has 0 radical (unpaired) electrons. The Labute approximate surface area is 143 Å². The van der Waals surface area contributed by atoms with Crippen LogP contribution in [-0.4, -0.2) is 47.7 Å². The molecule has 0 bridgehead atoms. The van der Waals surface area contributed by atoms with Crippen molar-refractivity contribution in [3.8, 4) is 0 Å². The zero-order chi connectivity index (χ0) is 18.2. The standard InChI is InChI=1S/C17H20F3N3O2/c1-16(12-6-3-2-4-7-12)14(24)23(15(25)21-16)11-22-9-5-8-13(10-22)17(18,19)20/h2-4,6-7,13H,5,8-11H2,1H3,(H,21,25). The predicted molar refractivity (Wildman–Crippen MR) is 84.4 cm³/mol. The summed E-state index contributed by atoms with van der Waals surface area (Å²) in [5.74, 6) is -1.86. The number of likely N-dealkylation sites (tertiary alicyclic amines) is 1. The molecule has 2 aliphatic rings. The van der Waals surface area contributed by atoms with Gasteiger partial charge in [0.2, 0.25) is 0 Å². The van der Waals surface area contributed by atoms with Crippen LogP contribution in [0.2, 0.25) is 0 Å². The van der Waals surface area contributed by atoms with E-state index in [0.717, 1.165) is 4.90 Å². The summed E-state index contributed by atoms with van der Waals surface area (Å²) in [6.45, 7) is 1.73. The Morgan fingerprint density at radius 3 is 2.56 bits per heavy atom. The van der Waals surface area contributed by atoms with Gasteiger partial charge in [0.1, 0.15) is 5.54 Å². The number of halogens is 3. The van der Waals surface area contributed by atoms with Crippen LogP contribution in [0.15, 0.2) is 30.3 Å². The fraction of sp³-hybridized carbons (Fsp3) is 0.529. The van der Waals surface area contributed by atoms with Crippen LogP contribution in [0.25, 0.3) is 0 Å². The lowest BCUT2D eigenvalue weighted by atomic mass is 9.92. The number of carbonyl (C=O) groups is 2. The van der Waals surface area contributed by atoms with E-state index < -0.39 is 29.6 Å². The fourth-order valence-electron chi connectivity index (χ4n) is 3.44. The summed E-state index contributed by atoms with van der Waals surface area (Å²) in [6, 6.07) is 8.23. The number of rotatable bonds is 3. The SMILES string of the molecule is CC1(c2ccccc2)NC(=O)N(CN2CCCC(C(F)(F)F)C2)C1=O. The van der Waals surface area contributed by atoms with E-state index in [2.05, 4.69) is 5.32 Å². The van der Waals surface area contributed by atoms with Gasteiger partial charge in [-0.2, -0.15) is 13.2 Å². The molecule has 3 rings (SSSR count). The van der Waals surface area contributed by atoms with E-state index in [9.17, 15) is 22.8 Å². The summed E-state index contributed by atoms with van der Waals surface area (Å²) in [7, 11) is 0. The van der Waals surface area contributed by atoms with Crippen molar-refractivity contribution in [2.45, 2.75) is 31.5 Å². The smallest absolute Gasteiger partial charge is 0.319 e. The van der Waals surface area contributed by atoms with E-state index in [1.807, 2.05) is 0 Å². The average Bonchev–Trinajstić information content (AvgIpc) is 2.80. The lowest BCUT2D eigenvalue weighted by molar-refractivity contribution is -0.187. The normalized spacial score (nSPS) is 28.3. The summed E-state index contributed by atoms with van der Waals surface area (Å²) in [5, 5.41) is 2.67. The van der Waals surface area contributed by atoms with Crippen LogP contribution in [0.5, 0.6) is 0 Å². The fourth-order valence-corrected chi connectivity index (χ4v) is 3.44. The number of urea groups is 1. The first kappa shape index (κ1) is 17.7. The predicted octanol–water partition coefficient (Wildman–Crippen LogP) is 2.69. The molecular formula is C17H20F3N3O2. The number of hydrogen-bond donors (Lipinski definition) is 1. The van der Waals surface area contributed by atoms with E-state index in [0.29, 0.717) is 18.5 Å². The molecule has 1 aromatic carbocycles. The van der Waals surface area contributed by atoms with Gasteiger partial charge in [-0.1, -0.05) is 30.3 Å². The number of carbonyl (C=O) groups excluding carboxylic acids is 2. The largest absolute Gasteiger partial charge is 0.393 e. The molecule has 0 saturated carbocycles. The molecule has 2 saturated heterocycles. The van der Waals surface area contributed by atoms with Gasteiger partial charge in [-0.15, -0.1) is 0 Å². The second-order valence-corrected chi connectivity index (χ2v) is 6.75. The zero-order valence-corrected chi connectivity index (χ0v) is 13.8. The van der Waals surface area contributed by atoms with Crippen LogP contribution in [-0.2, 0) is 10.3 Å². The number of nitrogens with one attached hydrogen (secondary N) is 1. The number of imide groups is 1. The summed E-state index contributed by atoms with van der Waals surface area (Å²) >= 11 is 0. The lowest BCUT2D eigenvalue weighted by Gasteiger charge is -2.35.